The lowest BCUT2D eigenvalue weighted by atomic mass is 10.0. The van der Waals surface area contributed by atoms with Crippen molar-refractivity contribution in [2.75, 3.05) is 19.0 Å². The molecule has 0 spiro atoms. The number of rotatable bonds is 9. The van der Waals surface area contributed by atoms with Gasteiger partial charge in [0, 0.05) is 18.0 Å². The van der Waals surface area contributed by atoms with Crippen molar-refractivity contribution in [1.82, 2.24) is 5.32 Å². The second kappa shape index (κ2) is 7.69. The molecule has 0 bridgehead atoms. The van der Waals surface area contributed by atoms with Crippen LogP contribution in [0.1, 0.15) is 49.4 Å². The normalized spacial score (nSPS) is 15.5. The topological polar surface area (TPSA) is 38.3 Å². The van der Waals surface area contributed by atoms with Gasteiger partial charge in [0.2, 0.25) is 0 Å². The number of benzene rings is 1. The summed E-state index contributed by atoms with van der Waals surface area (Å²) in [5, 5.41) is 3.02. The first kappa shape index (κ1) is 16.2. The van der Waals surface area contributed by atoms with Crippen molar-refractivity contribution in [1.29, 1.82) is 0 Å². The molecule has 3 nitrogen and oxygen atoms in total. The number of hydrogen-bond acceptors (Lipinski definition) is 2. The molecule has 4 heteroatoms. The van der Waals surface area contributed by atoms with Crippen LogP contribution in [0, 0.1) is 5.41 Å². The van der Waals surface area contributed by atoms with Crippen LogP contribution in [0.5, 0.6) is 5.75 Å². The van der Waals surface area contributed by atoms with Crippen molar-refractivity contribution < 1.29 is 9.53 Å². The van der Waals surface area contributed by atoms with Crippen LogP contribution < -0.4 is 10.1 Å². The average Bonchev–Trinajstić information content (AvgIpc) is 3.26. The van der Waals surface area contributed by atoms with Gasteiger partial charge in [-0.2, -0.15) is 0 Å². The molecule has 1 aliphatic carbocycles. The molecule has 1 N–H and O–H groups in total. The van der Waals surface area contributed by atoms with Gasteiger partial charge in [-0.15, -0.1) is 11.6 Å². The summed E-state index contributed by atoms with van der Waals surface area (Å²) >= 11 is 5.80. The minimum atomic E-state index is -0.0176. The summed E-state index contributed by atoms with van der Waals surface area (Å²) in [5.74, 6) is 1.47. The molecule has 2 rings (SSSR count). The van der Waals surface area contributed by atoms with E-state index in [1.54, 1.807) is 0 Å². The molecule has 21 heavy (non-hydrogen) atoms. The molecule has 1 aliphatic rings. The van der Waals surface area contributed by atoms with Crippen LogP contribution in [0.3, 0.4) is 0 Å². The Kier molecular flexibility index (Phi) is 5.92. The van der Waals surface area contributed by atoms with Crippen LogP contribution in [0.15, 0.2) is 24.3 Å². The summed E-state index contributed by atoms with van der Waals surface area (Å²) in [4.78, 5) is 12.1. The van der Waals surface area contributed by atoms with Gasteiger partial charge >= 0.3 is 0 Å². The van der Waals surface area contributed by atoms with E-state index in [9.17, 15) is 4.79 Å². The van der Waals surface area contributed by atoms with Gasteiger partial charge < -0.3 is 10.1 Å². The highest BCUT2D eigenvalue weighted by atomic mass is 35.5. The predicted molar refractivity (Wildman–Crippen MR) is 86.2 cm³/mol. The summed E-state index contributed by atoms with van der Waals surface area (Å²) in [5.41, 5.74) is 0.945. The number of nitrogens with one attached hydrogen (secondary N) is 1. The number of carbonyl (C=O) groups excluding carboxylic acids is 1. The smallest absolute Gasteiger partial charge is 0.251 e. The number of amides is 1. The molecule has 1 aromatic rings. The molecule has 0 aliphatic heterocycles. The van der Waals surface area contributed by atoms with E-state index in [2.05, 4.69) is 12.2 Å². The molecule has 0 radical (unpaired) electrons. The van der Waals surface area contributed by atoms with Crippen molar-refractivity contribution in [3.05, 3.63) is 29.8 Å². The summed E-state index contributed by atoms with van der Waals surface area (Å²) in [6, 6.07) is 7.35. The standard InChI is InChI=1S/C17H24ClNO2/c1-2-3-12-21-15-6-4-14(5-7-15)16(20)19-13-17(8-9-17)10-11-18/h4-7H,2-3,8-13H2,1H3,(H,19,20). The minimum absolute atomic E-state index is 0.0176. The van der Waals surface area contributed by atoms with Gasteiger partial charge in [-0.05, 0) is 55.4 Å². The van der Waals surface area contributed by atoms with Crippen LogP contribution >= 0.6 is 11.6 Å². The van der Waals surface area contributed by atoms with E-state index < -0.39 is 0 Å². The van der Waals surface area contributed by atoms with Crippen LogP contribution in [-0.4, -0.2) is 24.9 Å². The van der Waals surface area contributed by atoms with Crippen molar-refractivity contribution in [3.63, 3.8) is 0 Å². The monoisotopic (exact) mass is 309 g/mol. The van der Waals surface area contributed by atoms with Gasteiger partial charge in [0.15, 0.2) is 0 Å². The number of carbonyl (C=O) groups is 1. The molecule has 1 saturated carbocycles. The molecule has 1 amide bonds. The Balaban J connectivity index is 1.79. The zero-order valence-corrected chi connectivity index (χ0v) is 13.4. The van der Waals surface area contributed by atoms with E-state index in [-0.39, 0.29) is 11.3 Å². The van der Waals surface area contributed by atoms with Crippen molar-refractivity contribution >= 4 is 17.5 Å². The number of halogens is 1. The quantitative estimate of drug-likeness (QED) is 0.553. The highest BCUT2D eigenvalue weighted by molar-refractivity contribution is 6.17. The molecule has 0 atom stereocenters. The van der Waals surface area contributed by atoms with Gasteiger partial charge in [-0.1, -0.05) is 13.3 Å². The van der Waals surface area contributed by atoms with Gasteiger partial charge in [0.25, 0.3) is 5.91 Å². The summed E-state index contributed by atoms with van der Waals surface area (Å²) in [7, 11) is 0. The van der Waals surface area contributed by atoms with E-state index in [1.807, 2.05) is 24.3 Å². The molecule has 0 heterocycles. The molecule has 1 fully saturated rings. The first-order chi connectivity index (χ1) is 10.2. The third-order valence-electron chi connectivity index (χ3n) is 4.09. The third kappa shape index (κ3) is 4.92. The second-order valence-corrected chi connectivity index (χ2v) is 6.23. The lowest BCUT2D eigenvalue weighted by molar-refractivity contribution is 0.0944. The van der Waals surface area contributed by atoms with Gasteiger partial charge in [-0.25, -0.2) is 0 Å². The molecule has 0 unspecified atom stereocenters. The van der Waals surface area contributed by atoms with Gasteiger partial charge in [0.1, 0.15) is 5.75 Å². The summed E-state index contributed by atoms with van der Waals surface area (Å²) in [6.07, 6.45) is 5.49. The first-order valence-corrected chi connectivity index (χ1v) is 8.29. The number of hydrogen-bond donors (Lipinski definition) is 1. The second-order valence-electron chi connectivity index (χ2n) is 5.85. The Labute approximate surface area is 132 Å². The lowest BCUT2D eigenvalue weighted by Crippen LogP contribution is -2.30. The zero-order valence-electron chi connectivity index (χ0n) is 12.7. The average molecular weight is 310 g/mol. The maximum absolute atomic E-state index is 12.1. The Morgan fingerprint density at radius 3 is 2.62 bits per heavy atom. The lowest BCUT2D eigenvalue weighted by Gasteiger charge is -2.14. The van der Waals surface area contributed by atoms with Crippen LogP contribution in [-0.2, 0) is 0 Å². The first-order valence-electron chi connectivity index (χ1n) is 7.76. The van der Waals surface area contributed by atoms with Crippen LogP contribution in [0.4, 0.5) is 0 Å². The van der Waals surface area contributed by atoms with E-state index in [0.29, 0.717) is 11.4 Å². The summed E-state index contributed by atoms with van der Waals surface area (Å²) < 4.78 is 5.59. The predicted octanol–water partition coefficient (Wildman–Crippen LogP) is 4.00. The molecular weight excluding hydrogens is 286 g/mol. The van der Waals surface area contributed by atoms with Crippen molar-refractivity contribution in [3.8, 4) is 5.75 Å². The highest BCUT2D eigenvalue weighted by Crippen LogP contribution is 2.48. The zero-order chi connectivity index (χ0) is 15.1. The summed E-state index contributed by atoms with van der Waals surface area (Å²) in [6.45, 7) is 3.59. The minimum Gasteiger partial charge on any atom is -0.494 e. The number of ether oxygens (including phenoxy) is 1. The van der Waals surface area contributed by atoms with Gasteiger partial charge in [0.05, 0.1) is 6.61 Å². The molecule has 116 valence electrons. The van der Waals surface area contributed by atoms with E-state index >= 15 is 0 Å². The largest absolute Gasteiger partial charge is 0.494 e. The van der Waals surface area contributed by atoms with E-state index in [4.69, 9.17) is 16.3 Å². The Morgan fingerprint density at radius 1 is 1.33 bits per heavy atom. The SMILES string of the molecule is CCCCOc1ccc(C(=O)NCC2(CCCl)CC2)cc1. The molecular formula is C17H24ClNO2. The molecule has 0 aromatic heterocycles. The fraction of sp³-hybridized carbons (Fsp3) is 0.588. The van der Waals surface area contributed by atoms with Crippen molar-refractivity contribution in [2.24, 2.45) is 5.41 Å². The van der Waals surface area contributed by atoms with Crippen LogP contribution in [0.25, 0.3) is 0 Å². The van der Waals surface area contributed by atoms with Crippen molar-refractivity contribution in [2.45, 2.75) is 39.0 Å². The Hall–Kier alpha value is -1.22. The number of unbranched alkanes of at least 4 members (excludes halogenated alkanes) is 1. The molecule has 0 saturated heterocycles. The Bertz CT molecular complexity index is 454. The third-order valence-corrected chi connectivity index (χ3v) is 4.28. The maximum atomic E-state index is 12.1. The van der Waals surface area contributed by atoms with E-state index in [1.165, 1.54) is 12.8 Å². The highest BCUT2D eigenvalue weighted by Gasteiger charge is 2.41. The van der Waals surface area contributed by atoms with Gasteiger partial charge in [-0.3, -0.25) is 4.79 Å². The maximum Gasteiger partial charge on any atom is 0.251 e. The number of alkyl halides is 1. The van der Waals surface area contributed by atoms with E-state index in [0.717, 1.165) is 38.2 Å². The fourth-order valence-electron chi connectivity index (χ4n) is 2.30. The fourth-order valence-corrected chi connectivity index (χ4v) is 2.70. The Morgan fingerprint density at radius 2 is 2.05 bits per heavy atom. The molecule has 1 aromatic carbocycles. The van der Waals surface area contributed by atoms with Crippen LogP contribution in [0.2, 0.25) is 0 Å².